The molecule has 1 atom stereocenters. The molecule has 0 spiro atoms. The van der Waals surface area contributed by atoms with E-state index in [0.29, 0.717) is 26.2 Å². The first-order valence-corrected chi connectivity index (χ1v) is 10.8. The second-order valence-electron chi connectivity index (χ2n) is 8.23. The summed E-state index contributed by atoms with van der Waals surface area (Å²) in [6, 6.07) is 17.9. The first-order valence-electron chi connectivity index (χ1n) is 10.8. The molecule has 166 valence electrons. The van der Waals surface area contributed by atoms with Gasteiger partial charge in [0.05, 0.1) is 26.4 Å². The maximum absolute atomic E-state index is 12.9. The third-order valence-electron chi connectivity index (χ3n) is 5.47. The Hall–Kier alpha value is -2.86. The molecule has 1 saturated heterocycles. The molecule has 0 radical (unpaired) electrons. The first-order chi connectivity index (χ1) is 15.0. The molecule has 1 heterocycles. The number of methoxy groups -OCH3 is 1. The van der Waals surface area contributed by atoms with E-state index < -0.39 is 0 Å². The van der Waals surface area contributed by atoms with Crippen molar-refractivity contribution in [2.75, 3.05) is 33.3 Å². The molecular formula is C25H32N2O4. The summed E-state index contributed by atoms with van der Waals surface area (Å²) < 4.78 is 11.5. The van der Waals surface area contributed by atoms with Crippen molar-refractivity contribution in [3.05, 3.63) is 65.7 Å². The monoisotopic (exact) mass is 424 g/mol. The molecule has 1 fully saturated rings. The third-order valence-corrected chi connectivity index (χ3v) is 5.47. The molecule has 0 aliphatic carbocycles. The van der Waals surface area contributed by atoms with Crippen molar-refractivity contribution in [3.63, 3.8) is 0 Å². The summed E-state index contributed by atoms with van der Waals surface area (Å²) in [5, 5.41) is 0. The summed E-state index contributed by atoms with van der Waals surface area (Å²) in [6.45, 7) is 5.70. The van der Waals surface area contributed by atoms with Crippen molar-refractivity contribution in [1.29, 1.82) is 0 Å². The van der Waals surface area contributed by atoms with Crippen LogP contribution in [0.3, 0.4) is 0 Å². The Balaban J connectivity index is 1.70. The summed E-state index contributed by atoms with van der Waals surface area (Å²) >= 11 is 0. The summed E-state index contributed by atoms with van der Waals surface area (Å²) in [4.78, 5) is 29.1. The van der Waals surface area contributed by atoms with E-state index in [-0.39, 0.29) is 30.4 Å². The Morgan fingerprint density at radius 3 is 2.52 bits per heavy atom. The smallest absolute Gasteiger partial charge is 0.242 e. The van der Waals surface area contributed by atoms with E-state index in [2.05, 4.69) is 12.1 Å². The quantitative estimate of drug-likeness (QED) is 0.653. The molecule has 31 heavy (non-hydrogen) atoms. The lowest BCUT2D eigenvalue weighted by Gasteiger charge is -2.25. The van der Waals surface area contributed by atoms with Gasteiger partial charge in [0, 0.05) is 25.6 Å². The van der Waals surface area contributed by atoms with E-state index in [4.69, 9.17) is 9.47 Å². The molecule has 3 rings (SSSR count). The predicted molar refractivity (Wildman–Crippen MR) is 120 cm³/mol. The molecule has 0 unspecified atom stereocenters. The van der Waals surface area contributed by atoms with Gasteiger partial charge in [-0.15, -0.1) is 0 Å². The summed E-state index contributed by atoms with van der Waals surface area (Å²) in [5.74, 6) is 0.562. The SMILES string of the molecule is COc1cccc(CO[C@@H]2CN(CCc3ccccc3)C(=O)CN(C(=O)C(C)C)C2)c1. The van der Waals surface area contributed by atoms with Crippen LogP contribution < -0.4 is 4.74 Å². The maximum Gasteiger partial charge on any atom is 0.242 e. The van der Waals surface area contributed by atoms with Gasteiger partial charge >= 0.3 is 0 Å². The lowest BCUT2D eigenvalue weighted by molar-refractivity contribution is -0.140. The zero-order valence-electron chi connectivity index (χ0n) is 18.6. The number of carbonyl (C=O) groups is 2. The van der Waals surface area contributed by atoms with Crippen molar-refractivity contribution >= 4 is 11.8 Å². The van der Waals surface area contributed by atoms with Crippen molar-refractivity contribution in [1.82, 2.24) is 9.80 Å². The fraction of sp³-hybridized carbons (Fsp3) is 0.440. The minimum atomic E-state index is -0.254. The fourth-order valence-corrected chi connectivity index (χ4v) is 3.72. The molecule has 0 aromatic heterocycles. The number of hydrogen-bond donors (Lipinski definition) is 0. The number of carbonyl (C=O) groups excluding carboxylic acids is 2. The third kappa shape index (κ3) is 6.56. The highest BCUT2D eigenvalue weighted by Crippen LogP contribution is 2.17. The minimum absolute atomic E-state index is 0.0201. The predicted octanol–water partition coefficient (Wildman–Crippen LogP) is 3.15. The van der Waals surface area contributed by atoms with Crippen molar-refractivity contribution in [3.8, 4) is 5.75 Å². The van der Waals surface area contributed by atoms with Crippen LogP contribution in [0.1, 0.15) is 25.0 Å². The van der Waals surface area contributed by atoms with Gasteiger partial charge < -0.3 is 19.3 Å². The number of nitrogens with zero attached hydrogens (tertiary/aromatic N) is 2. The highest BCUT2D eigenvalue weighted by Gasteiger charge is 2.31. The summed E-state index contributed by atoms with van der Waals surface area (Å²) in [5.41, 5.74) is 2.18. The Kier molecular flexibility index (Phi) is 8.06. The average molecular weight is 425 g/mol. The number of hydrogen-bond acceptors (Lipinski definition) is 4. The first kappa shape index (κ1) is 22.8. The standard InChI is InChI=1S/C25H32N2O4/c1-19(2)25(29)27-16-23(31-18-21-10-7-11-22(14-21)30-3)15-26(24(28)17-27)13-12-20-8-5-4-6-9-20/h4-11,14,19,23H,12-13,15-18H2,1-3H3/t23-/m1/s1. The largest absolute Gasteiger partial charge is 0.497 e. The van der Waals surface area contributed by atoms with Crippen LogP contribution >= 0.6 is 0 Å². The fourth-order valence-electron chi connectivity index (χ4n) is 3.72. The van der Waals surface area contributed by atoms with Gasteiger partial charge in [-0.3, -0.25) is 9.59 Å². The van der Waals surface area contributed by atoms with Crippen LogP contribution in [-0.2, 0) is 27.4 Å². The summed E-state index contributed by atoms with van der Waals surface area (Å²) in [6.07, 6.45) is 0.518. The molecule has 0 bridgehead atoms. The van der Waals surface area contributed by atoms with Crippen molar-refractivity contribution < 1.29 is 19.1 Å². The van der Waals surface area contributed by atoms with E-state index in [1.807, 2.05) is 61.2 Å². The van der Waals surface area contributed by atoms with E-state index >= 15 is 0 Å². The number of ether oxygens (including phenoxy) is 2. The van der Waals surface area contributed by atoms with Gasteiger partial charge in [-0.05, 0) is 29.7 Å². The van der Waals surface area contributed by atoms with E-state index in [0.717, 1.165) is 17.7 Å². The molecule has 1 aliphatic heterocycles. The molecule has 2 aromatic carbocycles. The second-order valence-corrected chi connectivity index (χ2v) is 8.23. The van der Waals surface area contributed by atoms with Crippen molar-refractivity contribution in [2.45, 2.75) is 33.0 Å². The van der Waals surface area contributed by atoms with Crippen LogP contribution in [0, 0.1) is 5.92 Å². The van der Waals surface area contributed by atoms with Gasteiger partial charge in [-0.2, -0.15) is 0 Å². The van der Waals surface area contributed by atoms with E-state index in [1.165, 1.54) is 5.56 Å². The van der Waals surface area contributed by atoms with Crippen LogP contribution in [0.25, 0.3) is 0 Å². The minimum Gasteiger partial charge on any atom is -0.497 e. The highest BCUT2D eigenvalue weighted by molar-refractivity contribution is 5.86. The van der Waals surface area contributed by atoms with Crippen LogP contribution in [0.2, 0.25) is 0 Å². The molecule has 6 heteroatoms. The van der Waals surface area contributed by atoms with E-state index in [9.17, 15) is 9.59 Å². The zero-order valence-corrected chi connectivity index (χ0v) is 18.6. The number of amides is 2. The van der Waals surface area contributed by atoms with Gasteiger partial charge in [-0.25, -0.2) is 0 Å². The van der Waals surface area contributed by atoms with Gasteiger partial charge in [0.1, 0.15) is 5.75 Å². The number of benzene rings is 2. The molecule has 2 amide bonds. The highest BCUT2D eigenvalue weighted by atomic mass is 16.5. The Morgan fingerprint density at radius 1 is 1.06 bits per heavy atom. The zero-order chi connectivity index (χ0) is 22.2. The van der Waals surface area contributed by atoms with Gasteiger partial charge in [0.2, 0.25) is 11.8 Å². The Bertz CT molecular complexity index is 869. The molecule has 1 aliphatic rings. The maximum atomic E-state index is 12.9. The Labute approximate surface area is 184 Å². The molecular weight excluding hydrogens is 392 g/mol. The Morgan fingerprint density at radius 2 is 1.81 bits per heavy atom. The average Bonchev–Trinajstić information content (AvgIpc) is 2.95. The van der Waals surface area contributed by atoms with E-state index in [1.54, 1.807) is 12.0 Å². The molecule has 0 saturated carbocycles. The van der Waals surface area contributed by atoms with Crippen LogP contribution in [-0.4, -0.2) is 61.0 Å². The lowest BCUT2D eigenvalue weighted by atomic mass is 10.1. The molecule has 6 nitrogen and oxygen atoms in total. The van der Waals surface area contributed by atoms with Crippen LogP contribution in [0.5, 0.6) is 5.75 Å². The summed E-state index contributed by atoms with van der Waals surface area (Å²) in [7, 11) is 1.64. The van der Waals surface area contributed by atoms with Crippen molar-refractivity contribution in [2.24, 2.45) is 5.92 Å². The van der Waals surface area contributed by atoms with Gasteiger partial charge in [-0.1, -0.05) is 56.3 Å². The topological polar surface area (TPSA) is 59.1 Å². The normalized spacial score (nSPS) is 17.0. The van der Waals surface area contributed by atoms with Crippen LogP contribution in [0.4, 0.5) is 0 Å². The second kappa shape index (κ2) is 11.0. The van der Waals surface area contributed by atoms with Gasteiger partial charge in [0.15, 0.2) is 0 Å². The van der Waals surface area contributed by atoms with Gasteiger partial charge in [0.25, 0.3) is 0 Å². The lowest BCUT2D eigenvalue weighted by Crippen LogP contribution is -2.41. The molecule has 0 N–H and O–H groups in total. The van der Waals surface area contributed by atoms with Crippen LogP contribution in [0.15, 0.2) is 54.6 Å². The number of rotatable bonds is 8. The molecule has 2 aromatic rings.